The van der Waals surface area contributed by atoms with Crippen molar-refractivity contribution in [2.24, 2.45) is 11.8 Å². The van der Waals surface area contributed by atoms with Crippen LogP contribution in [0.3, 0.4) is 0 Å². The fraction of sp³-hybridized carbons (Fsp3) is 1.00. The quantitative estimate of drug-likeness (QED) is 0.645. The van der Waals surface area contributed by atoms with Crippen molar-refractivity contribution in [3.05, 3.63) is 0 Å². The Bertz CT molecular complexity index is 116. The van der Waals surface area contributed by atoms with Gasteiger partial charge < -0.3 is 10.0 Å². The van der Waals surface area contributed by atoms with E-state index in [1.54, 1.807) is 0 Å². The summed E-state index contributed by atoms with van der Waals surface area (Å²) in [6.07, 6.45) is 2.27. The van der Waals surface area contributed by atoms with Crippen LogP contribution in [0.1, 0.15) is 19.8 Å². The molecule has 2 nitrogen and oxygen atoms in total. The number of hydrogen-bond donors (Lipinski definition) is 1. The largest absolute Gasteiger partial charge is 0.396 e. The van der Waals surface area contributed by atoms with Crippen molar-refractivity contribution in [2.45, 2.75) is 19.8 Å². The smallest absolute Gasteiger partial charge is 0.0434 e. The molecule has 1 saturated heterocycles. The van der Waals surface area contributed by atoms with Crippen LogP contribution >= 0.6 is 0 Å². The Hall–Kier alpha value is -0.0800. The van der Waals surface area contributed by atoms with E-state index in [1.807, 2.05) is 0 Å². The lowest BCUT2D eigenvalue weighted by molar-refractivity contribution is 0.125. The molecule has 0 aliphatic carbocycles. The third kappa shape index (κ3) is 2.46. The summed E-state index contributed by atoms with van der Waals surface area (Å²) >= 11 is 0. The van der Waals surface area contributed by atoms with Crippen molar-refractivity contribution in [2.75, 3.05) is 26.7 Å². The zero-order chi connectivity index (χ0) is 8.27. The van der Waals surface area contributed by atoms with Crippen LogP contribution in [0.2, 0.25) is 0 Å². The van der Waals surface area contributed by atoms with E-state index in [0.717, 1.165) is 18.3 Å². The summed E-state index contributed by atoms with van der Waals surface area (Å²) in [4.78, 5) is 2.36. The van der Waals surface area contributed by atoms with Crippen molar-refractivity contribution in [3.63, 3.8) is 0 Å². The number of aliphatic hydroxyl groups excluding tert-OH is 1. The highest BCUT2D eigenvalue weighted by atomic mass is 16.3. The number of aliphatic hydroxyl groups is 1. The molecule has 0 radical (unpaired) electrons. The third-order valence-corrected chi connectivity index (χ3v) is 2.82. The lowest BCUT2D eigenvalue weighted by atomic mass is 9.85. The monoisotopic (exact) mass is 157 g/mol. The molecular formula is C9H19NO. The van der Waals surface area contributed by atoms with E-state index < -0.39 is 0 Å². The second kappa shape index (κ2) is 4.07. The van der Waals surface area contributed by atoms with Gasteiger partial charge in [0.1, 0.15) is 0 Å². The summed E-state index contributed by atoms with van der Waals surface area (Å²) in [5, 5.41) is 8.80. The molecule has 0 spiro atoms. The van der Waals surface area contributed by atoms with Gasteiger partial charge in [-0.1, -0.05) is 6.92 Å². The maximum atomic E-state index is 8.80. The van der Waals surface area contributed by atoms with Crippen LogP contribution in [0.25, 0.3) is 0 Å². The Morgan fingerprint density at radius 1 is 1.55 bits per heavy atom. The second-order valence-corrected chi connectivity index (χ2v) is 3.80. The van der Waals surface area contributed by atoms with Gasteiger partial charge in [0.25, 0.3) is 0 Å². The van der Waals surface area contributed by atoms with E-state index in [1.165, 1.54) is 19.5 Å². The second-order valence-electron chi connectivity index (χ2n) is 3.80. The van der Waals surface area contributed by atoms with Crippen molar-refractivity contribution in [1.82, 2.24) is 4.90 Å². The molecule has 0 saturated carbocycles. The fourth-order valence-electron chi connectivity index (χ4n) is 1.87. The Labute approximate surface area is 69.2 Å². The van der Waals surface area contributed by atoms with Crippen molar-refractivity contribution in [3.8, 4) is 0 Å². The maximum Gasteiger partial charge on any atom is 0.0434 e. The summed E-state index contributed by atoms with van der Waals surface area (Å²) in [7, 11) is 2.16. The highest BCUT2D eigenvalue weighted by molar-refractivity contribution is 4.75. The van der Waals surface area contributed by atoms with Gasteiger partial charge in [-0.3, -0.25) is 0 Å². The molecule has 1 fully saturated rings. The first-order chi connectivity index (χ1) is 5.24. The molecule has 11 heavy (non-hydrogen) atoms. The molecule has 1 N–H and O–H groups in total. The summed E-state index contributed by atoms with van der Waals surface area (Å²) < 4.78 is 0. The van der Waals surface area contributed by atoms with Gasteiger partial charge in [0.05, 0.1) is 0 Å². The molecule has 0 aromatic heterocycles. The molecule has 0 amide bonds. The topological polar surface area (TPSA) is 23.5 Å². The van der Waals surface area contributed by atoms with Gasteiger partial charge in [0, 0.05) is 13.2 Å². The van der Waals surface area contributed by atoms with Gasteiger partial charge >= 0.3 is 0 Å². The first-order valence-electron chi connectivity index (χ1n) is 4.53. The Morgan fingerprint density at radius 2 is 2.27 bits per heavy atom. The first kappa shape index (κ1) is 9.01. The standard InChI is InChI=1S/C9H19NO/c1-8-3-5-10(2)7-9(8)4-6-11/h8-9,11H,3-7H2,1-2H3. The lowest BCUT2D eigenvalue weighted by Gasteiger charge is -2.34. The molecule has 1 rings (SSSR count). The number of piperidine rings is 1. The molecule has 66 valence electrons. The van der Waals surface area contributed by atoms with Crippen LogP contribution in [0.15, 0.2) is 0 Å². The zero-order valence-electron chi connectivity index (χ0n) is 7.58. The average molecular weight is 157 g/mol. The van der Waals surface area contributed by atoms with Gasteiger partial charge in [0.15, 0.2) is 0 Å². The highest BCUT2D eigenvalue weighted by Crippen LogP contribution is 2.24. The minimum absolute atomic E-state index is 0.350. The summed E-state index contributed by atoms with van der Waals surface area (Å²) in [5.41, 5.74) is 0. The van der Waals surface area contributed by atoms with E-state index >= 15 is 0 Å². The van der Waals surface area contributed by atoms with Gasteiger partial charge in [-0.2, -0.15) is 0 Å². The van der Waals surface area contributed by atoms with Crippen LogP contribution in [0, 0.1) is 11.8 Å². The predicted molar refractivity (Wildman–Crippen MR) is 46.5 cm³/mol. The van der Waals surface area contributed by atoms with Crippen LogP contribution in [0.4, 0.5) is 0 Å². The minimum atomic E-state index is 0.350. The maximum absolute atomic E-state index is 8.80. The van der Waals surface area contributed by atoms with E-state index in [0.29, 0.717) is 6.61 Å². The molecule has 1 aliphatic heterocycles. The summed E-state index contributed by atoms with van der Waals surface area (Å²) in [5.74, 6) is 1.53. The van der Waals surface area contributed by atoms with Crippen LogP contribution in [-0.2, 0) is 0 Å². The first-order valence-corrected chi connectivity index (χ1v) is 4.53. The number of likely N-dealkylation sites (tertiary alicyclic amines) is 1. The van der Waals surface area contributed by atoms with Crippen LogP contribution in [0.5, 0.6) is 0 Å². The predicted octanol–water partition coefficient (Wildman–Crippen LogP) is 0.957. The third-order valence-electron chi connectivity index (χ3n) is 2.82. The molecular weight excluding hydrogens is 138 g/mol. The zero-order valence-corrected chi connectivity index (χ0v) is 7.58. The fourth-order valence-corrected chi connectivity index (χ4v) is 1.87. The SMILES string of the molecule is CC1CCN(C)CC1CCO. The molecule has 0 bridgehead atoms. The molecule has 1 heterocycles. The van der Waals surface area contributed by atoms with Crippen molar-refractivity contribution >= 4 is 0 Å². The van der Waals surface area contributed by atoms with Gasteiger partial charge in [-0.05, 0) is 38.3 Å². The molecule has 1 aliphatic rings. The van der Waals surface area contributed by atoms with E-state index in [4.69, 9.17) is 5.11 Å². The molecule has 0 aromatic carbocycles. The molecule has 0 aromatic rings. The van der Waals surface area contributed by atoms with E-state index in [2.05, 4.69) is 18.9 Å². The Balaban J connectivity index is 2.34. The summed E-state index contributed by atoms with van der Waals surface area (Å²) in [6.45, 7) is 5.04. The van der Waals surface area contributed by atoms with E-state index in [9.17, 15) is 0 Å². The Kier molecular flexibility index (Phi) is 3.34. The minimum Gasteiger partial charge on any atom is -0.396 e. The van der Waals surface area contributed by atoms with E-state index in [-0.39, 0.29) is 0 Å². The number of rotatable bonds is 2. The summed E-state index contributed by atoms with van der Waals surface area (Å²) in [6, 6.07) is 0. The van der Waals surface area contributed by atoms with Gasteiger partial charge in [-0.15, -0.1) is 0 Å². The molecule has 2 heteroatoms. The van der Waals surface area contributed by atoms with Crippen LogP contribution in [-0.4, -0.2) is 36.8 Å². The molecule has 2 unspecified atom stereocenters. The van der Waals surface area contributed by atoms with Crippen molar-refractivity contribution < 1.29 is 5.11 Å². The lowest BCUT2D eigenvalue weighted by Crippen LogP contribution is -2.37. The van der Waals surface area contributed by atoms with Crippen LogP contribution < -0.4 is 0 Å². The average Bonchev–Trinajstić information content (AvgIpc) is 1.98. The van der Waals surface area contributed by atoms with Crippen molar-refractivity contribution in [1.29, 1.82) is 0 Å². The number of nitrogens with zero attached hydrogens (tertiary/aromatic N) is 1. The normalized spacial score (nSPS) is 34.1. The van der Waals surface area contributed by atoms with Gasteiger partial charge in [-0.25, -0.2) is 0 Å². The van der Waals surface area contributed by atoms with Gasteiger partial charge in [0.2, 0.25) is 0 Å². The molecule has 2 atom stereocenters. The number of hydrogen-bond acceptors (Lipinski definition) is 2. The Morgan fingerprint density at radius 3 is 2.91 bits per heavy atom. The highest BCUT2D eigenvalue weighted by Gasteiger charge is 2.23.